The van der Waals surface area contributed by atoms with E-state index >= 15 is 0 Å². The van der Waals surface area contributed by atoms with E-state index in [-0.39, 0.29) is 0 Å². The molecule has 0 radical (unpaired) electrons. The molecule has 0 fully saturated rings. The first-order chi connectivity index (χ1) is 9.09. The van der Waals surface area contributed by atoms with Crippen LogP contribution in [0, 0.1) is 5.92 Å². The summed E-state index contributed by atoms with van der Waals surface area (Å²) in [5, 5.41) is 4.55. The summed E-state index contributed by atoms with van der Waals surface area (Å²) in [6.07, 6.45) is 1.19. The van der Waals surface area contributed by atoms with Gasteiger partial charge in [0.15, 0.2) is 0 Å². The van der Waals surface area contributed by atoms with Crippen LogP contribution in [0.3, 0.4) is 0 Å². The van der Waals surface area contributed by atoms with Crippen molar-refractivity contribution in [2.75, 3.05) is 11.5 Å². The second kappa shape index (κ2) is 6.15. The summed E-state index contributed by atoms with van der Waals surface area (Å²) < 4.78 is 1.76. The van der Waals surface area contributed by atoms with E-state index in [9.17, 15) is 0 Å². The molecule has 4 heteroatoms. The minimum Gasteiger partial charge on any atom is -0.383 e. The van der Waals surface area contributed by atoms with Crippen molar-refractivity contribution in [3.05, 3.63) is 30.3 Å². The zero-order valence-corrected chi connectivity index (χ0v) is 12.6. The molecule has 0 unspecified atom stereocenters. The molecule has 2 aromatic rings. The van der Waals surface area contributed by atoms with Crippen LogP contribution >= 0.6 is 11.8 Å². The van der Waals surface area contributed by atoms with Crippen LogP contribution in [-0.2, 0) is 7.05 Å². The van der Waals surface area contributed by atoms with E-state index in [0.717, 1.165) is 27.7 Å². The summed E-state index contributed by atoms with van der Waals surface area (Å²) in [4.78, 5) is 1.11. The molecule has 0 aliphatic rings. The maximum absolute atomic E-state index is 6.14. The number of nitrogens with two attached hydrogens (primary N) is 1. The number of anilines is 1. The Hall–Kier alpha value is -1.42. The van der Waals surface area contributed by atoms with Crippen LogP contribution in [0.4, 0.5) is 5.82 Å². The van der Waals surface area contributed by atoms with E-state index in [1.807, 2.05) is 37.0 Å². The number of rotatable bonds is 5. The quantitative estimate of drug-likeness (QED) is 0.844. The first-order valence-electron chi connectivity index (χ1n) is 6.60. The van der Waals surface area contributed by atoms with Gasteiger partial charge in [0, 0.05) is 12.6 Å². The molecule has 0 amide bonds. The molecular weight excluding hydrogens is 254 g/mol. The average molecular weight is 275 g/mol. The number of hydrogen-bond donors (Lipinski definition) is 1. The second-order valence-corrected chi connectivity index (χ2v) is 6.19. The summed E-state index contributed by atoms with van der Waals surface area (Å²) in [5.41, 5.74) is 8.26. The number of benzene rings is 1. The van der Waals surface area contributed by atoms with Gasteiger partial charge in [0.25, 0.3) is 0 Å². The van der Waals surface area contributed by atoms with Gasteiger partial charge in [-0.1, -0.05) is 44.2 Å². The third-order valence-corrected chi connectivity index (χ3v) is 4.17. The highest BCUT2D eigenvalue weighted by Crippen LogP contribution is 2.35. The zero-order chi connectivity index (χ0) is 13.8. The third-order valence-electron chi connectivity index (χ3n) is 3.04. The third kappa shape index (κ3) is 3.32. The average Bonchev–Trinajstić information content (AvgIpc) is 2.68. The lowest BCUT2D eigenvalue weighted by molar-refractivity contribution is 0.632. The van der Waals surface area contributed by atoms with E-state index < -0.39 is 0 Å². The van der Waals surface area contributed by atoms with Gasteiger partial charge in [-0.2, -0.15) is 5.10 Å². The van der Waals surface area contributed by atoms with Crippen molar-refractivity contribution in [2.24, 2.45) is 13.0 Å². The molecule has 0 aliphatic heterocycles. The van der Waals surface area contributed by atoms with Gasteiger partial charge < -0.3 is 5.73 Å². The Morgan fingerprint density at radius 3 is 2.58 bits per heavy atom. The van der Waals surface area contributed by atoms with Crippen molar-refractivity contribution in [3.8, 4) is 11.3 Å². The predicted molar refractivity (Wildman–Crippen MR) is 83.2 cm³/mol. The molecule has 2 N–H and O–H groups in total. The number of hydrogen-bond acceptors (Lipinski definition) is 3. The lowest BCUT2D eigenvalue weighted by atomic mass is 10.1. The molecule has 1 aromatic heterocycles. The fourth-order valence-corrected chi connectivity index (χ4v) is 3.21. The number of aryl methyl sites for hydroxylation is 1. The lowest BCUT2D eigenvalue weighted by Crippen LogP contribution is -1.98. The molecule has 0 aliphatic carbocycles. The van der Waals surface area contributed by atoms with Crippen molar-refractivity contribution in [1.82, 2.24) is 9.78 Å². The SMILES string of the molecule is CC(C)CCSc1c(-c2ccccc2)nn(C)c1N. The van der Waals surface area contributed by atoms with Crippen LogP contribution in [0.25, 0.3) is 11.3 Å². The molecule has 1 aromatic carbocycles. The van der Waals surface area contributed by atoms with Crippen molar-refractivity contribution in [2.45, 2.75) is 25.2 Å². The van der Waals surface area contributed by atoms with Crippen LogP contribution in [-0.4, -0.2) is 15.5 Å². The normalized spacial score (nSPS) is 11.2. The van der Waals surface area contributed by atoms with Gasteiger partial charge in [0.2, 0.25) is 0 Å². The standard InChI is InChI=1S/C15H21N3S/c1-11(2)9-10-19-14-13(17-18(3)15(14)16)12-7-5-4-6-8-12/h4-8,11H,9-10,16H2,1-3H3. The number of thioether (sulfide) groups is 1. The molecule has 0 spiro atoms. The van der Waals surface area contributed by atoms with Crippen molar-refractivity contribution < 1.29 is 0 Å². The Balaban J connectivity index is 2.26. The second-order valence-electron chi connectivity index (χ2n) is 5.08. The molecule has 19 heavy (non-hydrogen) atoms. The maximum Gasteiger partial charge on any atom is 0.135 e. The molecule has 102 valence electrons. The lowest BCUT2D eigenvalue weighted by Gasteiger charge is -2.06. The molecule has 0 atom stereocenters. The fourth-order valence-electron chi connectivity index (χ4n) is 1.84. The zero-order valence-electron chi connectivity index (χ0n) is 11.8. The van der Waals surface area contributed by atoms with E-state index in [4.69, 9.17) is 5.73 Å². The van der Waals surface area contributed by atoms with Gasteiger partial charge in [-0.25, -0.2) is 0 Å². The maximum atomic E-state index is 6.14. The van der Waals surface area contributed by atoms with E-state index in [2.05, 4.69) is 31.1 Å². The van der Waals surface area contributed by atoms with Crippen LogP contribution in [0.1, 0.15) is 20.3 Å². The Morgan fingerprint density at radius 1 is 1.26 bits per heavy atom. The largest absolute Gasteiger partial charge is 0.383 e. The first-order valence-corrected chi connectivity index (χ1v) is 7.59. The topological polar surface area (TPSA) is 43.8 Å². The molecular formula is C15H21N3S. The smallest absolute Gasteiger partial charge is 0.135 e. The molecule has 1 heterocycles. The number of nitrogen functional groups attached to an aromatic ring is 1. The highest BCUT2D eigenvalue weighted by atomic mass is 32.2. The summed E-state index contributed by atoms with van der Waals surface area (Å²) in [7, 11) is 1.90. The molecule has 0 saturated carbocycles. The van der Waals surface area contributed by atoms with E-state index in [1.54, 1.807) is 4.68 Å². The van der Waals surface area contributed by atoms with Crippen LogP contribution in [0.5, 0.6) is 0 Å². The van der Waals surface area contributed by atoms with Gasteiger partial charge in [-0.15, -0.1) is 11.8 Å². The molecule has 0 bridgehead atoms. The highest BCUT2D eigenvalue weighted by Gasteiger charge is 2.15. The van der Waals surface area contributed by atoms with Gasteiger partial charge >= 0.3 is 0 Å². The minimum atomic E-state index is 0.713. The minimum absolute atomic E-state index is 0.713. The van der Waals surface area contributed by atoms with Crippen LogP contribution < -0.4 is 5.73 Å². The van der Waals surface area contributed by atoms with Gasteiger partial charge in [-0.3, -0.25) is 4.68 Å². The Kier molecular flexibility index (Phi) is 4.53. The van der Waals surface area contributed by atoms with E-state index in [0.29, 0.717) is 5.92 Å². The van der Waals surface area contributed by atoms with Gasteiger partial charge in [-0.05, 0) is 18.1 Å². The van der Waals surface area contributed by atoms with Crippen LogP contribution in [0.15, 0.2) is 35.2 Å². The first kappa shape index (κ1) is 14.0. The van der Waals surface area contributed by atoms with E-state index in [1.165, 1.54) is 6.42 Å². The number of aromatic nitrogens is 2. The van der Waals surface area contributed by atoms with Crippen molar-refractivity contribution in [3.63, 3.8) is 0 Å². The Labute approximate surface area is 119 Å². The van der Waals surface area contributed by atoms with Crippen molar-refractivity contribution >= 4 is 17.6 Å². The fraction of sp³-hybridized carbons (Fsp3) is 0.400. The molecule has 3 nitrogen and oxygen atoms in total. The summed E-state index contributed by atoms with van der Waals surface area (Å²) in [5.74, 6) is 2.55. The summed E-state index contributed by atoms with van der Waals surface area (Å²) >= 11 is 1.81. The Morgan fingerprint density at radius 2 is 1.95 bits per heavy atom. The summed E-state index contributed by atoms with van der Waals surface area (Å²) in [6.45, 7) is 4.48. The molecule has 0 saturated heterocycles. The Bertz CT molecular complexity index is 532. The van der Waals surface area contributed by atoms with Crippen LogP contribution in [0.2, 0.25) is 0 Å². The summed E-state index contributed by atoms with van der Waals surface area (Å²) in [6, 6.07) is 10.2. The van der Waals surface area contributed by atoms with Gasteiger partial charge in [0.1, 0.15) is 11.5 Å². The highest BCUT2D eigenvalue weighted by molar-refractivity contribution is 7.99. The van der Waals surface area contributed by atoms with Crippen molar-refractivity contribution in [1.29, 1.82) is 0 Å². The monoisotopic (exact) mass is 275 g/mol. The molecule has 2 rings (SSSR count). The predicted octanol–water partition coefficient (Wildman–Crippen LogP) is 3.81. The van der Waals surface area contributed by atoms with Gasteiger partial charge in [0.05, 0.1) is 4.90 Å². The number of nitrogens with zero attached hydrogens (tertiary/aromatic N) is 2.